The number of nitrogens with two attached hydrogens (primary N) is 1. The molecule has 2 aromatic rings. The summed E-state index contributed by atoms with van der Waals surface area (Å²) in [7, 11) is 0. The molecule has 0 unspecified atom stereocenters. The van der Waals surface area contributed by atoms with E-state index in [1.165, 1.54) is 0 Å². The van der Waals surface area contributed by atoms with Gasteiger partial charge >= 0.3 is 0 Å². The standard InChI is InChI=1S/C16H17N3O2/c1-2-3-7-14(15(17)20)19-16(21)12-9-10-18-13-8-5-4-6-11(12)13/h2,4-6,8-10,14H,1,3,7H2,(H2,17,20)(H,19,21)/t14-/m1/s1. The van der Waals surface area contributed by atoms with E-state index in [0.29, 0.717) is 18.4 Å². The molecule has 21 heavy (non-hydrogen) atoms. The largest absolute Gasteiger partial charge is 0.368 e. The lowest BCUT2D eigenvalue weighted by molar-refractivity contribution is -0.119. The van der Waals surface area contributed by atoms with Crippen LogP contribution in [0.5, 0.6) is 0 Å². The van der Waals surface area contributed by atoms with Crippen LogP contribution >= 0.6 is 0 Å². The van der Waals surface area contributed by atoms with Gasteiger partial charge in [-0.3, -0.25) is 14.6 Å². The molecular formula is C16H17N3O2. The van der Waals surface area contributed by atoms with E-state index in [0.717, 1.165) is 10.9 Å². The van der Waals surface area contributed by atoms with Gasteiger partial charge < -0.3 is 11.1 Å². The zero-order chi connectivity index (χ0) is 15.2. The quantitative estimate of drug-likeness (QED) is 0.792. The van der Waals surface area contributed by atoms with Crippen LogP contribution in [0.4, 0.5) is 0 Å². The third-order valence-electron chi connectivity index (χ3n) is 3.20. The molecule has 0 spiro atoms. The van der Waals surface area contributed by atoms with E-state index in [4.69, 9.17) is 5.73 Å². The lowest BCUT2D eigenvalue weighted by Gasteiger charge is -2.15. The predicted octanol–water partition coefficient (Wildman–Crippen LogP) is 1.78. The first-order chi connectivity index (χ1) is 10.1. The number of allylic oxidation sites excluding steroid dienone is 1. The highest BCUT2D eigenvalue weighted by Crippen LogP contribution is 2.16. The van der Waals surface area contributed by atoms with Crippen molar-refractivity contribution in [3.8, 4) is 0 Å². The predicted molar refractivity (Wildman–Crippen MR) is 81.6 cm³/mol. The summed E-state index contributed by atoms with van der Waals surface area (Å²) in [6.45, 7) is 3.60. The molecule has 0 aliphatic carbocycles. The molecule has 108 valence electrons. The maximum absolute atomic E-state index is 12.4. The summed E-state index contributed by atoms with van der Waals surface area (Å²) in [4.78, 5) is 28.0. The van der Waals surface area contributed by atoms with Crippen LogP contribution in [0.3, 0.4) is 0 Å². The Hall–Kier alpha value is -2.69. The fourth-order valence-corrected chi connectivity index (χ4v) is 2.10. The van der Waals surface area contributed by atoms with Crippen LogP contribution in [0.25, 0.3) is 10.9 Å². The number of pyridine rings is 1. The summed E-state index contributed by atoms with van der Waals surface area (Å²) in [5.41, 5.74) is 6.52. The van der Waals surface area contributed by atoms with Crippen molar-refractivity contribution in [2.45, 2.75) is 18.9 Å². The molecule has 1 heterocycles. The molecule has 1 atom stereocenters. The molecule has 3 N–H and O–H groups in total. The number of hydrogen-bond acceptors (Lipinski definition) is 3. The summed E-state index contributed by atoms with van der Waals surface area (Å²) < 4.78 is 0. The molecule has 1 aromatic carbocycles. The summed E-state index contributed by atoms with van der Waals surface area (Å²) in [5.74, 6) is -0.884. The average molecular weight is 283 g/mol. The van der Waals surface area contributed by atoms with Gasteiger partial charge in [-0.15, -0.1) is 6.58 Å². The van der Waals surface area contributed by atoms with Crippen molar-refractivity contribution in [2.24, 2.45) is 5.73 Å². The summed E-state index contributed by atoms with van der Waals surface area (Å²) in [6, 6.07) is 8.26. The van der Waals surface area contributed by atoms with Crippen LogP contribution in [-0.4, -0.2) is 22.8 Å². The Morgan fingerprint density at radius 1 is 1.33 bits per heavy atom. The highest BCUT2D eigenvalue weighted by molar-refractivity contribution is 6.07. The second-order valence-electron chi connectivity index (χ2n) is 4.67. The van der Waals surface area contributed by atoms with Gasteiger partial charge in [0.25, 0.3) is 5.91 Å². The van der Waals surface area contributed by atoms with Crippen molar-refractivity contribution >= 4 is 22.7 Å². The second-order valence-corrected chi connectivity index (χ2v) is 4.67. The number of nitrogens with zero attached hydrogens (tertiary/aromatic N) is 1. The van der Waals surface area contributed by atoms with E-state index >= 15 is 0 Å². The number of aromatic nitrogens is 1. The fraction of sp³-hybridized carbons (Fsp3) is 0.188. The molecule has 0 bridgehead atoms. The van der Waals surface area contributed by atoms with Crippen LogP contribution in [0.1, 0.15) is 23.2 Å². The van der Waals surface area contributed by atoms with Crippen LogP contribution < -0.4 is 11.1 Å². The van der Waals surface area contributed by atoms with Crippen molar-refractivity contribution in [2.75, 3.05) is 0 Å². The van der Waals surface area contributed by atoms with Gasteiger partial charge in [-0.1, -0.05) is 24.3 Å². The van der Waals surface area contributed by atoms with Crippen molar-refractivity contribution in [3.63, 3.8) is 0 Å². The fourth-order valence-electron chi connectivity index (χ4n) is 2.10. The molecule has 0 radical (unpaired) electrons. The van der Waals surface area contributed by atoms with Gasteiger partial charge in [0.05, 0.1) is 11.1 Å². The van der Waals surface area contributed by atoms with Gasteiger partial charge in [0.2, 0.25) is 5.91 Å². The number of para-hydroxylation sites is 1. The van der Waals surface area contributed by atoms with E-state index in [9.17, 15) is 9.59 Å². The number of primary amides is 1. The van der Waals surface area contributed by atoms with Crippen LogP contribution in [0, 0.1) is 0 Å². The Bertz CT molecular complexity index is 677. The van der Waals surface area contributed by atoms with E-state index in [1.807, 2.05) is 24.3 Å². The van der Waals surface area contributed by atoms with Gasteiger partial charge in [0.1, 0.15) is 6.04 Å². The summed E-state index contributed by atoms with van der Waals surface area (Å²) in [5, 5.41) is 3.41. The molecule has 0 fully saturated rings. The molecule has 2 amide bonds. The summed E-state index contributed by atoms with van der Waals surface area (Å²) in [6.07, 6.45) is 4.29. The second kappa shape index (κ2) is 6.65. The number of carbonyl (C=O) groups is 2. The maximum atomic E-state index is 12.4. The monoisotopic (exact) mass is 283 g/mol. The Labute approximate surface area is 122 Å². The van der Waals surface area contributed by atoms with E-state index in [2.05, 4.69) is 16.9 Å². The first kappa shape index (κ1) is 14.7. The van der Waals surface area contributed by atoms with Gasteiger partial charge in [-0.05, 0) is 25.0 Å². The van der Waals surface area contributed by atoms with Crippen LogP contribution in [-0.2, 0) is 4.79 Å². The zero-order valence-corrected chi connectivity index (χ0v) is 11.6. The molecule has 0 aliphatic heterocycles. The molecular weight excluding hydrogens is 266 g/mol. The van der Waals surface area contributed by atoms with Crippen molar-refractivity contribution in [3.05, 3.63) is 54.7 Å². The molecule has 0 saturated heterocycles. The molecule has 0 saturated carbocycles. The van der Waals surface area contributed by atoms with Crippen LogP contribution in [0.2, 0.25) is 0 Å². The Kier molecular flexibility index (Phi) is 4.66. The first-order valence-electron chi connectivity index (χ1n) is 6.68. The first-order valence-corrected chi connectivity index (χ1v) is 6.68. The minimum Gasteiger partial charge on any atom is -0.368 e. The third-order valence-corrected chi connectivity index (χ3v) is 3.20. The Morgan fingerprint density at radius 2 is 2.10 bits per heavy atom. The number of hydrogen-bond donors (Lipinski definition) is 2. The topological polar surface area (TPSA) is 85.1 Å². The zero-order valence-electron chi connectivity index (χ0n) is 11.6. The van der Waals surface area contributed by atoms with E-state index < -0.39 is 11.9 Å². The van der Waals surface area contributed by atoms with Gasteiger partial charge in [0.15, 0.2) is 0 Å². The number of amides is 2. The Balaban J connectivity index is 2.25. The van der Waals surface area contributed by atoms with Crippen molar-refractivity contribution < 1.29 is 9.59 Å². The van der Waals surface area contributed by atoms with Crippen LogP contribution in [0.15, 0.2) is 49.2 Å². The molecule has 0 aliphatic rings. The van der Waals surface area contributed by atoms with Crippen molar-refractivity contribution in [1.29, 1.82) is 0 Å². The highest BCUT2D eigenvalue weighted by Gasteiger charge is 2.19. The van der Waals surface area contributed by atoms with E-state index in [-0.39, 0.29) is 5.91 Å². The van der Waals surface area contributed by atoms with Gasteiger partial charge in [-0.2, -0.15) is 0 Å². The van der Waals surface area contributed by atoms with Crippen molar-refractivity contribution in [1.82, 2.24) is 10.3 Å². The molecule has 1 aromatic heterocycles. The minimum atomic E-state index is -0.706. The Morgan fingerprint density at radius 3 is 2.81 bits per heavy atom. The SMILES string of the molecule is C=CCC[C@@H](NC(=O)c1ccnc2ccccc12)C(N)=O. The molecule has 5 heteroatoms. The smallest absolute Gasteiger partial charge is 0.252 e. The number of benzene rings is 1. The minimum absolute atomic E-state index is 0.332. The van der Waals surface area contributed by atoms with E-state index in [1.54, 1.807) is 18.3 Å². The number of rotatable bonds is 6. The third kappa shape index (κ3) is 3.45. The lowest BCUT2D eigenvalue weighted by atomic mass is 10.1. The average Bonchev–Trinajstić information content (AvgIpc) is 2.50. The molecule has 2 rings (SSSR count). The maximum Gasteiger partial charge on any atom is 0.252 e. The normalized spacial score (nSPS) is 11.8. The number of carbonyl (C=O) groups excluding carboxylic acids is 2. The number of fused-ring (bicyclic) bond motifs is 1. The van der Waals surface area contributed by atoms with Gasteiger partial charge in [-0.25, -0.2) is 0 Å². The van der Waals surface area contributed by atoms with Gasteiger partial charge in [0, 0.05) is 11.6 Å². The highest BCUT2D eigenvalue weighted by atomic mass is 16.2. The number of nitrogens with one attached hydrogen (secondary N) is 1. The molecule has 5 nitrogen and oxygen atoms in total. The summed E-state index contributed by atoms with van der Waals surface area (Å²) >= 11 is 0. The lowest BCUT2D eigenvalue weighted by Crippen LogP contribution is -2.44.